The van der Waals surface area contributed by atoms with Crippen molar-refractivity contribution in [2.75, 3.05) is 37.7 Å². The predicted octanol–water partition coefficient (Wildman–Crippen LogP) is 4.17. The van der Waals surface area contributed by atoms with Crippen LogP contribution in [0.25, 0.3) is 0 Å². The Labute approximate surface area is 170 Å². The topological polar surface area (TPSA) is 46.6 Å². The third-order valence-corrected chi connectivity index (χ3v) is 6.72. The summed E-state index contributed by atoms with van der Waals surface area (Å²) >= 11 is 0. The van der Waals surface area contributed by atoms with Gasteiger partial charge in [0.1, 0.15) is 12.4 Å². The summed E-state index contributed by atoms with van der Waals surface area (Å²) in [4.78, 5) is 6.88. The lowest BCUT2D eigenvalue weighted by molar-refractivity contribution is 0.0199. The normalized spacial score (nSPS) is 24.6. The van der Waals surface area contributed by atoms with Gasteiger partial charge in [0.05, 0.1) is 24.2 Å². The van der Waals surface area contributed by atoms with Gasteiger partial charge >= 0.3 is 0 Å². The molecule has 0 aromatic carbocycles. The molecule has 0 spiro atoms. The molecule has 1 N–H and O–H groups in total. The van der Waals surface area contributed by atoms with Crippen molar-refractivity contribution in [2.45, 2.75) is 76.4 Å². The van der Waals surface area contributed by atoms with Gasteiger partial charge in [-0.15, -0.1) is 0 Å². The van der Waals surface area contributed by atoms with Gasteiger partial charge in [0.15, 0.2) is 0 Å². The Hall–Kier alpha value is -1.33. The Morgan fingerprint density at radius 2 is 1.86 bits per heavy atom. The minimum Gasteiger partial charge on any atom is -0.490 e. The highest BCUT2D eigenvalue weighted by molar-refractivity contribution is 5.48. The summed E-state index contributed by atoms with van der Waals surface area (Å²) in [5, 5.41) is 3.48. The third-order valence-electron chi connectivity index (χ3n) is 6.72. The van der Waals surface area contributed by atoms with E-state index < -0.39 is 0 Å². The molecule has 1 aromatic heterocycles. The second kappa shape index (κ2) is 10.4. The van der Waals surface area contributed by atoms with Crippen LogP contribution in [0.3, 0.4) is 0 Å². The lowest BCUT2D eigenvalue weighted by atomic mass is 9.93. The van der Waals surface area contributed by atoms with E-state index in [1.807, 2.05) is 12.4 Å². The molecule has 5 heteroatoms. The van der Waals surface area contributed by atoms with Crippen LogP contribution in [-0.4, -0.2) is 50.0 Å². The second-order valence-electron chi connectivity index (χ2n) is 8.83. The van der Waals surface area contributed by atoms with Crippen LogP contribution in [0.1, 0.15) is 64.2 Å². The van der Waals surface area contributed by atoms with Gasteiger partial charge in [-0.3, -0.25) is 4.98 Å². The molecular weight excluding hydrogens is 350 g/mol. The Morgan fingerprint density at radius 1 is 1.00 bits per heavy atom. The molecule has 2 saturated heterocycles. The SMILES string of the molecule is c1ncc(N2CCC(CCOC3CCCCC3)CC2)cc1OC[C@@H]1CCCN1. The van der Waals surface area contributed by atoms with Gasteiger partial charge in [0.25, 0.3) is 0 Å². The molecule has 28 heavy (non-hydrogen) atoms. The standard InChI is InChI=1S/C23H37N3O2/c1-2-6-22(7-3-1)27-14-10-19-8-12-26(13-9-19)21-15-23(17-24-16-21)28-18-20-5-4-11-25-20/h15-17,19-20,22,25H,1-14,18H2/t20-/m0/s1. The average Bonchev–Trinajstić information content (AvgIpc) is 3.28. The van der Waals surface area contributed by atoms with Gasteiger partial charge in [0.2, 0.25) is 0 Å². The van der Waals surface area contributed by atoms with E-state index in [2.05, 4.69) is 21.3 Å². The lowest BCUT2D eigenvalue weighted by Crippen LogP contribution is -2.34. The van der Waals surface area contributed by atoms with Gasteiger partial charge in [0, 0.05) is 31.8 Å². The van der Waals surface area contributed by atoms with Crippen molar-refractivity contribution in [3.8, 4) is 5.75 Å². The van der Waals surface area contributed by atoms with Crippen molar-refractivity contribution < 1.29 is 9.47 Å². The first-order valence-corrected chi connectivity index (χ1v) is 11.5. The van der Waals surface area contributed by atoms with Crippen LogP contribution in [0.4, 0.5) is 5.69 Å². The number of rotatable bonds is 8. The van der Waals surface area contributed by atoms with Crippen LogP contribution >= 0.6 is 0 Å². The number of aromatic nitrogens is 1. The number of nitrogens with one attached hydrogen (secondary N) is 1. The fourth-order valence-corrected chi connectivity index (χ4v) is 4.87. The van der Waals surface area contributed by atoms with Gasteiger partial charge in [-0.25, -0.2) is 0 Å². The summed E-state index contributed by atoms with van der Waals surface area (Å²) in [6.45, 7) is 5.05. The highest BCUT2D eigenvalue weighted by atomic mass is 16.5. The number of hydrogen-bond acceptors (Lipinski definition) is 5. The summed E-state index contributed by atoms with van der Waals surface area (Å²) in [6.07, 6.45) is 17.2. The molecule has 2 aliphatic heterocycles. The van der Waals surface area contributed by atoms with Crippen LogP contribution < -0.4 is 15.0 Å². The van der Waals surface area contributed by atoms with E-state index in [-0.39, 0.29) is 0 Å². The monoisotopic (exact) mass is 387 g/mol. The van der Waals surface area contributed by atoms with Crippen LogP contribution in [-0.2, 0) is 4.74 Å². The van der Waals surface area contributed by atoms with Crippen molar-refractivity contribution >= 4 is 5.69 Å². The maximum atomic E-state index is 6.14. The highest BCUT2D eigenvalue weighted by Gasteiger charge is 2.21. The largest absolute Gasteiger partial charge is 0.490 e. The average molecular weight is 388 g/mol. The van der Waals surface area contributed by atoms with Crippen molar-refractivity contribution in [1.82, 2.24) is 10.3 Å². The van der Waals surface area contributed by atoms with Gasteiger partial charge < -0.3 is 19.7 Å². The Kier molecular flexibility index (Phi) is 7.45. The number of piperidine rings is 1. The number of pyridine rings is 1. The van der Waals surface area contributed by atoms with Gasteiger partial charge in [-0.2, -0.15) is 0 Å². The van der Waals surface area contributed by atoms with Crippen molar-refractivity contribution in [2.24, 2.45) is 5.92 Å². The summed E-state index contributed by atoms with van der Waals surface area (Å²) in [6, 6.07) is 2.66. The van der Waals surface area contributed by atoms with E-state index in [0.717, 1.165) is 44.5 Å². The van der Waals surface area contributed by atoms with Crippen molar-refractivity contribution in [3.05, 3.63) is 18.5 Å². The third kappa shape index (κ3) is 5.84. The first-order chi connectivity index (χ1) is 13.9. The Balaban J connectivity index is 1.17. The van der Waals surface area contributed by atoms with E-state index in [0.29, 0.717) is 12.1 Å². The molecule has 0 radical (unpaired) electrons. The van der Waals surface area contributed by atoms with E-state index in [1.54, 1.807) is 0 Å². The molecule has 5 nitrogen and oxygen atoms in total. The quantitative estimate of drug-likeness (QED) is 0.725. The van der Waals surface area contributed by atoms with Crippen molar-refractivity contribution in [3.63, 3.8) is 0 Å². The van der Waals surface area contributed by atoms with E-state index in [1.165, 1.54) is 69.9 Å². The van der Waals surface area contributed by atoms with E-state index in [9.17, 15) is 0 Å². The summed E-state index contributed by atoms with van der Waals surface area (Å²) < 4.78 is 12.1. The summed E-state index contributed by atoms with van der Waals surface area (Å²) in [7, 11) is 0. The Morgan fingerprint density at radius 3 is 2.64 bits per heavy atom. The molecule has 3 fully saturated rings. The molecule has 3 heterocycles. The van der Waals surface area contributed by atoms with Crippen LogP contribution in [0.5, 0.6) is 5.75 Å². The predicted molar refractivity (Wildman–Crippen MR) is 113 cm³/mol. The Bertz CT molecular complexity index is 577. The first kappa shape index (κ1) is 20.0. The zero-order chi connectivity index (χ0) is 19.0. The van der Waals surface area contributed by atoms with Crippen molar-refractivity contribution in [1.29, 1.82) is 0 Å². The number of hydrogen-bond donors (Lipinski definition) is 1. The van der Waals surface area contributed by atoms with E-state index in [4.69, 9.17) is 9.47 Å². The van der Waals surface area contributed by atoms with Crippen LogP contribution in [0, 0.1) is 5.92 Å². The lowest BCUT2D eigenvalue weighted by Gasteiger charge is -2.34. The molecule has 1 aliphatic carbocycles. The smallest absolute Gasteiger partial charge is 0.139 e. The first-order valence-electron chi connectivity index (χ1n) is 11.5. The van der Waals surface area contributed by atoms with Gasteiger partial charge in [-0.1, -0.05) is 19.3 Å². The fraction of sp³-hybridized carbons (Fsp3) is 0.783. The molecule has 1 atom stereocenters. The number of anilines is 1. The molecule has 0 unspecified atom stereocenters. The van der Waals surface area contributed by atoms with Gasteiger partial charge in [-0.05, 0) is 57.4 Å². The zero-order valence-corrected chi connectivity index (χ0v) is 17.3. The zero-order valence-electron chi connectivity index (χ0n) is 17.3. The molecule has 1 saturated carbocycles. The molecule has 3 aliphatic rings. The number of nitrogens with zero attached hydrogens (tertiary/aromatic N) is 2. The minimum absolute atomic E-state index is 0.496. The maximum Gasteiger partial charge on any atom is 0.139 e. The van der Waals surface area contributed by atoms with E-state index >= 15 is 0 Å². The molecule has 0 amide bonds. The molecule has 4 rings (SSSR count). The molecule has 0 bridgehead atoms. The minimum atomic E-state index is 0.496. The summed E-state index contributed by atoms with van der Waals surface area (Å²) in [5.41, 5.74) is 1.20. The number of ether oxygens (including phenoxy) is 2. The molecule has 1 aromatic rings. The molecular formula is C23H37N3O2. The van der Waals surface area contributed by atoms with Crippen LogP contribution in [0.2, 0.25) is 0 Å². The maximum absolute atomic E-state index is 6.14. The second-order valence-corrected chi connectivity index (χ2v) is 8.83. The summed E-state index contributed by atoms with van der Waals surface area (Å²) in [5.74, 6) is 1.70. The molecule has 156 valence electrons. The fourth-order valence-electron chi connectivity index (χ4n) is 4.87. The van der Waals surface area contributed by atoms with Crippen LogP contribution in [0.15, 0.2) is 18.5 Å². The highest BCUT2D eigenvalue weighted by Crippen LogP contribution is 2.28.